The maximum Gasteiger partial charge on any atom is 0.326 e. The number of hydrogen-bond donors (Lipinski definition) is 1. The lowest BCUT2D eigenvalue weighted by Gasteiger charge is -2.19. The predicted molar refractivity (Wildman–Crippen MR) is 98.2 cm³/mol. The summed E-state index contributed by atoms with van der Waals surface area (Å²) < 4.78 is 4.88. The first kappa shape index (κ1) is 19.6. The predicted octanol–water partition coefficient (Wildman–Crippen LogP) is 2.65. The summed E-state index contributed by atoms with van der Waals surface area (Å²) in [5, 5.41) is 3.15. The first-order valence-electron chi connectivity index (χ1n) is 8.62. The van der Waals surface area contributed by atoms with Gasteiger partial charge < -0.3 is 10.1 Å². The Kier molecular flexibility index (Phi) is 6.01. The highest BCUT2D eigenvalue weighted by atomic mass is 35.5. The third-order valence-electron chi connectivity index (χ3n) is 4.79. The monoisotopic (exact) mass is 412 g/mol. The van der Waals surface area contributed by atoms with E-state index in [4.69, 9.17) is 27.9 Å². The molecule has 9 heteroatoms. The lowest BCUT2D eigenvalue weighted by Crippen LogP contribution is -2.37. The van der Waals surface area contributed by atoms with Crippen LogP contribution in [0.1, 0.15) is 25.7 Å². The first-order valence-corrected chi connectivity index (χ1v) is 9.38. The number of amides is 3. The van der Waals surface area contributed by atoms with Gasteiger partial charge in [0.25, 0.3) is 5.91 Å². The van der Waals surface area contributed by atoms with E-state index < -0.39 is 25.0 Å². The van der Waals surface area contributed by atoms with Crippen molar-refractivity contribution in [1.29, 1.82) is 0 Å². The van der Waals surface area contributed by atoms with E-state index in [2.05, 4.69) is 5.32 Å². The Morgan fingerprint density at radius 1 is 1.11 bits per heavy atom. The second-order valence-electron chi connectivity index (χ2n) is 6.59. The fourth-order valence-electron chi connectivity index (χ4n) is 3.49. The van der Waals surface area contributed by atoms with Crippen LogP contribution in [0.15, 0.2) is 18.2 Å². The van der Waals surface area contributed by atoms with Gasteiger partial charge in [-0.05, 0) is 31.0 Å². The average Bonchev–Trinajstić information content (AvgIpc) is 2.88. The molecule has 1 aromatic rings. The van der Waals surface area contributed by atoms with Crippen molar-refractivity contribution in [2.24, 2.45) is 11.8 Å². The second-order valence-corrected chi connectivity index (χ2v) is 7.44. The van der Waals surface area contributed by atoms with Crippen LogP contribution in [0.5, 0.6) is 0 Å². The Bertz CT molecular complexity index is 774. The number of fused-ring (bicyclic) bond motifs is 1. The molecular weight excluding hydrogens is 395 g/mol. The molecule has 1 aliphatic carbocycles. The maximum atomic E-state index is 12.3. The van der Waals surface area contributed by atoms with Crippen LogP contribution in [0, 0.1) is 11.8 Å². The number of rotatable bonds is 5. The number of nitrogens with one attached hydrogen (secondary N) is 1. The number of anilines is 1. The standard InChI is InChI=1S/C18H18Cl2N2O5/c19-10-5-6-13(20)14(7-10)21-15(23)9-27-16(24)8-22-17(25)11-3-1-2-4-12(11)18(22)26/h5-7,11-12H,1-4,8-9H2,(H,21,23). The Balaban J connectivity index is 1.51. The quantitative estimate of drug-likeness (QED) is 0.592. The largest absolute Gasteiger partial charge is 0.454 e. The van der Waals surface area contributed by atoms with Gasteiger partial charge in [-0.3, -0.25) is 24.1 Å². The smallest absolute Gasteiger partial charge is 0.326 e. The Labute approximate surface area is 165 Å². The molecule has 2 aliphatic rings. The van der Waals surface area contributed by atoms with Crippen LogP contribution in [0.4, 0.5) is 5.69 Å². The summed E-state index contributed by atoms with van der Waals surface area (Å²) in [5.41, 5.74) is 0.291. The number of nitrogens with zero attached hydrogens (tertiary/aromatic N) is 1. The van der Waals surface area contributed by atoms with Gasteiger partial charge in [-0.25, -0.2) is 0 Å². The Morgan fingerprint density at radius 3 is 2.37 bits per heavy atom. The zero-order chi connectivity index (χ0) is 19.6. The van der Waals surface area contributed by atoms with Crippen molar-refractivity contribution in [3.05, 3.63) is 28.2 Å². The van der Waals surface area contributed by atoms with Crippen molar-refractivity contribution in [3.8, 4) is 0 Å². The van der Waals surface area contributed by atoms with Crippen molar-refractivity contribution < 1.29 is 23.9 Å². The van der Waals surface area contributed by atoms with Crippen LogP contribution in [-0.2, 0) is 23.9 Å². The van der Waals surface area contributed by atoms with Gasteiger partial charge in [0, 0.05) is 5.02 Å². The minimum absolute atomic E-state index is 0.287. The molecule has 0 spiro atoms. The Hall–Kier alpha value is -2.12. The molecule has 144 valence electrons. The SMILES string of the molecule is O=C(COC(=O)CN1C(=O)C2CCCCC2C1=O)Nc1cc(Cl)ccc1Cl. The third kappa shape index (κ3) is 4.42. The molecular formula is C18H18Cl2N2O5. The number of carbonyl (C=O) groups is 4. The molecule has 0 radical (unpaired) electrons. The first-order chi connectivity index (χ1) is 12.9. The van der Waals surface area contributed by atoms with Gasteiger partial charge in [0.2, 0.25) is 11.8 Å². The van der Waals surface area contributed by atoms with Crippen LogP contribution < -0.4 is 5.32 Å². The van der Waals surface area contributed by atoms with Crippen molar-refractivity contribution in [1.82, 2.24) is 4.90 Å². The molecule has 1 saturated heterocycles. The molecule has 2 fully saturated rings. The molecule has 1 N–H and O–H groups in total. The van der Waals surface area contributed by atoms with E-state index in [-0.39, 0.29) is 28.7 Å². The van der Waals surface area contributed by atoms with Crippen molar-refractivity contribution in [2.75, 3.05) is 18.5 Å². The van der Waals surface area contributed by atoms with E-state index >= 15 is 0 Å². The molecule has 7 nitrogen and oxygen atoms in total. The summed E-state index contributed by atoms with van der Waals surface area (Å²) in [5.74, 6) is -2.73. The fraction of sp³-hybridized carbons (Fsp3) is 0.444. The van der Waals surface area contributed by atoms with Crippen LogP contribution in [0.25, 0.3) is 0 Å². The minimum Gasteiger partial charge on any atom is -0.454 e. The Morgan fingerprint density at radius 2 is 1.74 bits per heavy atom. The number of esters is 1. The normalized spacial score (nSPS) is 21.8. The molecule has 27 heavy (non-hydrogen) atoms. The van der Waals surface area contributed by atoms with Crippen LogP contribution in [0.3, 0.4) is 0 Å². The van der Waals surface area contributed by atoms with Gasteiger partial charge >= 0.3 is 5.97 Å². The molecule has 3 rings (SSSR count). The molecule has 1 saturated carbocycles. The summed E-state index contributed by atoms with van der Waals surface area (Å²) in [7, 11) is 0. The molecule has 2 unspecified atom stereocenters. The number of halogens is 2. The van der Waals surface area contributed by atoms with E-state index in [1.165, 1.54) is 12.1 Å². The number of ether oxygens (including phenoxy) is 1. The molecule has 0 bridgehead atoms. The number of likely N-dealkylation sites (tertiary alicyclic amines) is 1. The van der Waals surface area contributed by atoms with E-state index in [0.29, 0.717) is 23.6 Å². The summed E-state index contributed by atoms with van der Waals surface area (Å²) in [6, 6.07) is 4.56. The van der Waals surface area contributed by atoms with Gasteiger partial charge in [0.1, 0.15) is 6.54 Å². The van der Waals surface area contributed by atoms with Crippen molar-refractivity contribution >= 4 is 52.6 Å². The average molecular weight is 413 g/mol. The van der Waals surface area contributed by atoms with Gasteiger partial charge in [-0.2, -0.15) is 0 Å². The lowest BCUT2D eigenvalue weighted by molar-refractivity contribution is -0.154. The van der Waals surface area contributed by atoms with Crippen molar-refractivity contribution in [3.63, 3.8) is 0 Å². The molecule has 2 atom stereocenters. The van der Waals surface area contributed by atoms with E-state index in [9.17, 15) is 19.2 Å². The second kappa shape index (κ2) is 8.27. The number of carbonyl (C=O) groups excluding carboxylic acids is 4. The lowest BCUT2D eigenvalue weighted by atomic mass is 9.81. The minimum atomic E-state index is -0.817. The van der Waals surface area contributed by atoms with Crippen LogP contribution in [0.2, 0.25) is 10.0 Å². The van der Waals surface area contributed by atoms with Crippen LogP contribution in [-0.4, -0.2) is 41.7 Å². The molecule has 3 amide bonds. The van der Waals surface area contributed by atoms with Gasteiger partial charge in [0.15, 0.2) is 6.61 Å². The van der Waals surface area contributed by atoms with E-state index in [1.807, 2.05) is 0 Å². The highest BCUT2D eigenvalue weighted by Crippen LogP contribution is 2.37. The number of imide groups is 1. The number of hydrogen-bond acceptors (Lipinski definition) is 5. The highest BCUT2D eigenvalue weighted by molar-refractivity contribution is 6.35. The fourth-order valence-corrected chi connectivity index (χ4v) is 3.82. The van der Waals surface area contributed by atoms with Gasteiger partial charge in [-0.15, -0.1) is 0 Å². The third-order valence-corrected chi connectivity index (χ3v) is 5.35. The van der Waals surface area contributed by atoms with Crippen LogP contribution >= 0.6 is 23.2 Å². The zero-order valence-corrected chi connectivity index (χ0v) is 15.9. The van der Waals surface area contributed by atoms with Crippen molar-refractivity contribution in [2.45, 2.75) is 25.7 Å². The molecule has 1 aromatic carbocycles. The van der Waals surface area contributed by atoms with Gasteiger partial charge in [-0.1, -0.05) is 36.0 Å². The van der Waals surface area contributed by atoms with E-state index in [0.717, 1.165) is 17.7 Å². The summed E-state index contributed by atoms with van der Waals surface area (Å²) in [6.45, 7) is -1.04. The summed E-state index contributed by atoms with van der Waals surface area (Å²) in [6.07, 6.45) is 3.16. The summed E-state index contributed by atoms with van der Waals surface area (Å²) >= 11 is 11.8. The number of benzene rings is 1. The molecule has 1 aliphatic heterocycles. The summed E-state index contributed by atoms with van der Waals surface area (Å²) in [4.78, 5) is 49.5. The van der Waals surface area contributed by atoms with Gasteiger partial charge in [0.05, 0.1) is 22.5 Å². The topological polar surface area (TPSA) is 92.8 Å². The molecule has 0 aromatic heterocycles. The maximum absolute atomic E-state index is 12.3. The van der Waals surface area contributed by atoms with E-state index in [1.54, 1.807) is 6.07 Å². The molecule has 1 heterocycles. The zero-order valence-electron chi connectivity index (χ0n) is 14.4. The highest BCUT2D eigenvalue weighted by Gasteiger charge is 2.48.